The molecule has 0 spiro atoms. The number of hydrogen-bond donors (Lipinski definition) is 1. The highest BCUT2D eigenvalue weighted by atomic mass is 16.6. The average molecular weight is 441 g/mol. The van der Waals surface area contributed by atoms with Crippen LogP contribution < -0.4 is 14.2 Å². The summed E-state index contributed by atoms with van der Waals surface area (Å²) < 4.78 is 23.9. The van der Waals surface area contributed by atoms with Crippen molar-refractivity contribution in [1.29, 1.82) is 0 Å². The van der Waals surface area contributed by atoms with Crippen molar-refractivity contribution in [2.45, 2.75) is 57.8 Å². The maximum absolute atomic E-state index is 12.1. The molecule has 32 heavy (non-hydrogen) atoms. The number of ether oxygens (including phenoxy) is 4. The first-order valence-electron chi connectivity index (χ1n) is 11.3. The Balaban J connectivity index is 1.60. The Morgan fingerprint density at radius 2 is 1.88 bits per heavy atom. The summed E-state index contributed by atoms with van der Waals surface area (Å²) in [6.07, 6.45) is 1.72. The minimum Gasteiger partial charge on any atom is -0.497 e. The zero-order chi connectivity index (χ0) is 22.9. The predicted octanol–water partition coefficient (Wildman–Crippen LogP) is 5.04. The Kier molecular flexibility index (Phi) is 6.33. The normalized spacial score (nSPS) is 25.8. The Bertz CT molecular complexity index is 951. The first-order valence-corrected chi connectivity index (χ1v) is 11.3. The van der Waals surface area contributed by atoms with Gasteiger partial charge < -0.3 is 24.1 Å². The monoisotopic (exact) mass is 440 g/mol. The Morgan fingerprint density at radius 3 is 2.53 bits per heavy atom. The summed E-state index contributed by atoms with van der Waals surface area (Å²) >= 11 is 0. The van der Waals surface area contributed by atoms with Crippen LogP contribution in [0.5, 0.6) is 17.2 Å². The number of carboxylic acids is 1. The molecule has 0 saturated carbocycles. The van der Waals surface area contributed by atoms with Gasteiger partial charge in [0, 0.05) is 11.5 Å². The second kappa shape index (κ2) is 9.02. The summed E-state index contributed by atoms with van der Waals surface area (Å²) in [6.45, 7) is 6.36. The summed E-state index contributed by atoms with van der Waals surface area (Å²) in [7, 11) is 1.61. The van der Waals surface area contributed by atoms with Gasteiger partial charge in [-0.3, -0.25) is 4.79 Å². The number of aryl methyl sites for hydroxylation is 1. The predicted molar refractivity (Wildman–Crippen MR) is 120 cm³/mol. The molecule has 2 aromatic carbocycles. The van der Waals surface area contributed by atoms with Crippen molar-refractivity contribution in [2.75, 3.05) is 13.7 Å². The van der Waals surface area contributed by atoms with Crippen LogP contribution in [0.1, 0.15) is 50.8 Å². The Morgan fingerprint density at radius 1 is 1.16 bits per heavy atom. The van der Waals surface area contributed by atoms with Crippen LogP contribution in [0.25, 0.3) is 0 Å². The van der Waals surface area contributed by atoms with E-state index in [2.05, 4.69) is 19.1 Å². The lowest BCUT2D eigenvalue weighted by atomic mass is 9.71. The molecule has 6 heteroatoms. The largest absolute Gasteiger partial charge is 0.497 e. The number of carbonyl (C=O) groups is 1. The molecule has 1 fully saturated rings. The lowest BCUT2D eigenvalue weighted by Crippen LogP contribution is -2.53. The quantitative estimate of drug-likeness (QED) is 0.650. The number of hydrogen-bond acceptors (Lipinski definition) is 5. The lowest BCUT2D eigenvalue weighted by Gasteiger charge is -2.50. The molecule has 2 heterocycles. The molecule has 1 saturated heterocycles. The van der Waals surface area contributed by atoms with Crippen molar-refractivity contribution in [1.82, 2.24) is 0 Å². The first kappa shape index (κ1) is 22.5. The molecule has 0 radical (unpaired) electrons. The average Bonchev–Trinajstić information content (AvgIpc) is 2.78. The zero-order valence-corrected chi connectivity index (χ0v) is 19.2. The molecule has 0 unspecified atom stereocenters. The first-order chi connectivity index (χ1) is 15.3. The second-order valence-electron chi connectivity index (χ2n) is 9.20. The van der Waals surface area contributed by atoms with Crippen molar-refractivity contribution in [3.63, 3.8) is 0 Å². The van der Waals surface area contributed by atoms with E-state index in [9.17, 15) is 9.90 Å². The molecule has 0 bridgehead atoms. The maximum atomic E-state index is 12.1. The summed E-state index contributed by atoms with van der Waals surface area (Å²) in [5.41, 5.74) is 1.72. The van der Waals surface area contributed by atoms with E-state index in [1.54, 1.807) is 7.11 Å². The van der Waals surface area contributed by atoms with Gasteiger partial charge in [-0.15, -0.1) is 0 Å². The fraction of sp³-hybridized carbons (Fsp3) is 0.500. The van der Waals surface area contributed by atoms with Crippen molar-refractivity contribution in [3.8, 4) is 17.2 Å². The van der Waals surface area contributed by atoms with Gasteiger partial charge in [0.05, 0.1) is 19.1 Å². The molecule has 0 amide bonds. The van der Waals surface area contributed by atoms with E-state index in [1.807, 2.05) is 44.2 Å². The van der Waals surface area contributed by atoms with Gasteiger partial charge >= 0.3 is 5.97 Å². The maximum Gasteiger partial charge on any atom is 0.309 e. The standard InChI is InChI=1S/C26H32O6/c1-5-6-16-7-12-22-19(13-16)24-21(26(2,3)32-22)14-20(25(27)28)23(31-24)15-30-18-10-8-17(29-4)9-11-18/h7-13,20-21,23-24H,5-6,14-15H2,1-4H3,(H,27,28)/t20-,21-,23-,24+/m0/s1. The van der Waals surface area contributed by atoms with Gasteiger partial charge in [-0.05, 0) is 68.7 Å². The van der Waals surface area contributed by atoms with E-state index in [1.165, 1.54) is 5.56 Å². The van der Waals surface area contributed by atoms with Crippen molar-refractivity contribution < 1.29 is 28.8 Å². The number of benzene rings is 2. The number of methoxy groups -OCH3 is 1. The molecule has 2 aliphatic rings. The molecule has 0 aliphatic carbocycles. The zero-order valence-electron chi connectivity index (χ0n) is 19.2. The molecule has 2 aliphatic heterocycles. The molecular weight excluding hydrogens is 408 g/mol. The van der Waals surface area contributed by atoms with E-state index < -0.39 is 23.6 Å². The fourth-order valence-corrected chi connectivity index (χ4v) is 4.85. The topological polar surface area (TPSA) is 74.2 Å². The highest BCUT2D eigenvalue weighted by Gasteiger charge is 2.52. The molecule has 6 nitrogen and oxygen atoms in total. The van der Waals surface area contributed by atoms with Crippen molar-refractivity contribution in [2.24, 2.45) is 11.8 Å². The van der Waals surface area contributed by atoms with E-state index in [0.717, 1.165) is 29.9 Å². The van der Waals surface area contributed by atoms with Gasteiger partial charge in [-0.1, -0.05) is 19.4 Å². The summed E-state index contributed by atoms with van der Waals surface area (Å²) in [5, 5.41) is 9.95. The molecule has 0 aromatic heterocycles. The third-order valence-corrected chi connectivity index (χ3v) is 6.62. The van der Waals surface area contributed by atoms with Crippen LogP contribution in [0.2, 0.25) is 0 Å². The minimum atomic E-state index is -0.867. The summed E-state index contributed by atoms with van der Waals surface area (Å²) in [4.78, 5) is 12.1. The van der Waals surface area contributed by atoms with E-state index in [0.29, 0.717) is 12.2 Å². The third-order valence-electron chi connectivity index (χ3n) is 6.62. The molecule has 172 valence electrons. The van der Waals surface area contributed by atoms with Crippen LogP contribution in [-0.2, 0) is 16.0 Å². The highest BCUT2D eigenvalue weighted by molar-refractivity contribution is 5.71. The molecular formula is C26H32O6. The van der Waals surface area contributed by atoms with Gasteiger partial charge in [0.25, 0.3) is 0 Å². The Hall–Kier alpha value is -2.73. The van der Waals surface area contributed by atoms with Crippen LogP contribution in [0.15, 0.2) is 42.5 Å². The molecule has 4 rings (SSSR count). The van der Waals surface area contributed by atoms with E-state index >= 15 is 0 Å². The minimum absolute atomic E-state index is 0.0646. The van der Waals surface area contributed by atoms with Gasteiger partial charge in [0.15, 0.2) is 0 Å². The number of fused-ring (bicyclic) bond motifs is 3. The smallest absolute Gasteiger partial charge is 0.309 e. The SMILES string of the molecule is CCCc1ccc2c(c1)[C@H]1O[C@@H](COc3ccc(OC)cc3)[C@@H](C(=O)O)C[C@@H]1C(C)(C)O2. The van der Waals surface area contributed by atoms with E-state index in [-0.39, 0.29) is 18.6 Å². The van der Waals surface area contributed by atoms with Gasteiger partial charge in [0.1, 0.15) is 35.6 Å². The van der Waals surface area contributed by atoms with Crippen molar-refractivity contribution in [3.05, 3.63) is 53.6 Å². The van der Waals surface area contributed by atoms with Crippen LogP contribution in [0.4, 0.5) is 0 Å². The number of aliphatic carboxylic acids is 1. The van der Waals surface area contributed by atoms with Crippen LogP contribution in [0.3, 0.4) is 0 Å². The number of rotatable bonds is 7. The third kappa shape index (κ3) is 4.42. The molecule has 2 aromatic rings. The Labute approximate surface area is 189 Å². The second-order valence-corrected chi connectivity index (χ2v) is 9.20. The molecule has 1 N–H and O–H groups in total. The van der Waals surface area contributed by atoms with Crippen LogP contribution in [-0.4, -0.2) is 36.5 Å². The van der Waals surface area contributed by atoms with Crippen LogP contribution >= 0.6 is 0 Å². The van der Waals surface area contributed by atoms with Gasteiger partial charge in [0.2, 0.25) is 0 Å². The van der Waals surface area contributed by atoms with Crippen molar-refractivity contribution >= 4 is 5.97 Å². The van der Waals surface area contributed by atoms with E-state index in [4.69, 9.17) is 18.9 Å². The van der Waals surface area contributed by atoms with Crippen LogP contribution in [0, 0.1) is 11.8 Å². The lowest BCUT2D eigenvalue weighted by molar-refractivity contribution is -0.192. The fourth-order valence-electron chi connectivity index (χ4n) is 4.85. The van der Waals surface area contributed by atoms with Gasteiger partial charge in [-0.2, -0.15) is 0 Å². The summed E-state index contributed by atoms with van der Waals surface area (Å²) in [6, 6.07) is 13.5. The number of carboxylic acid groups (broad SMARTS) is 1. The van der Waals surface area contributed by atoms with Gasteiger partial charge in [-0.25, -0.2) is 0 Å². The summed E-state index contributed by atoms with van der Waals surface area (Å²) in [5.74, 6) is 0.607. The highest BCUT2D eigenvalue weighted by Crippen LogP contribution is 2.52. The molecule has 4 atom stereocenters.